The summed E-state index contributed by atoms with van der Waals surface area (Å²) in [6.45, 7) is 1.04. The molecule has 1 aliphatic heterocycles. The molecule has 0 aromatic carbocycles. The first kappa shape index (κ1) is 25.0. The second-order valence-corrected chi connectivity index (χ2v) is 11.2. The van der Waals surface area contributed by atoms with Crippen LogP contribution in [0.2, 0.25) is 0 Å². The van der Waals surface area contributed by atoms with E-state index in [2.05, 4.69) is 32.0 Å². The van der Waals surface area contributed by atoms with Crippen LogP contribution in [0.15, 0.2) is 12.1 Å². The number of likely N-dealkylation sites (tertiary alicyclic amines) is 1. The summed E-state index contributed by atoms with van der Waals surface area (Å²) in [5, 5.41) is 27.6. The van der Waals surface area contributed by atoms with Crippen LogP contribution in [0.3, 0.4) is 0 Å². The monoisotopic (exact) mass is 539 g/mol. The van der Waals surface area contributed by atoms with Crippen LogP contribution in [0.1, 0.15) is 65.3 Å². The SMILES string of the molecule is N#CC1CCCN1C(=O)CNCCC1(c2nn[nH]n2)c2sc(C(N)=O)cc2CCc2cc(C(N)=O)sc21. The molecule has 1 aliphatic carbocycles. The molecule has 1 atom stereocenters. The van der Waals surface area contributed by atoms with E-state index in [1.165, 1.54) is 22.7 Å². The average Bonchev–Trinajstić information content (AvgIpc) is 3.68. The Labute approximate surface area is 220 Å². The van der Waals surface area contributed by atoms with Crippen LogP contribution in [-0.4, -0.2) is 68.9 Å². The van der Waals surface area contributed by atoms with Crippen LogP contribution >= 0.6 is 22.7 Å². The maximum absolute atomic E-state index is 12.8. The lowest BCUT2D eigenvalue weighted by Gasteiger charge is -2.30. The number of carbonyl (C=O) groups is 3. The Morgan fingerprint density at radius 1 is 1.16 bits per heavy atom. The van der Waals surface area contributed by atoms with Crippen molar-refractivity contribution in [2.75, 3.05) is 19.6 Å². The zero-order valence-electron chi connectivity index (χ0n) is 19.8. The number of nitrogens with zero attached hydrogens (tertiary/aromatic N) is 5. The fourth-order valence-corrected chi connectivity index (χ4v) is 7.85. The lowest BCUT2D eigenvalue weighted by molar-refractivity contribution is -0.130. The predicted octanol–water partition coefficient (Wildman–Crippen LogP) is 0.448. The van der Waals surface area contributed by atoms with E-state index in [0.717, 1.165) is 27.3 Å². The summed E-state index contributed by atoms with van der Waals surface area (Å²) >= 11 is 2.57. The fraction of sp³-hybridized carbons (Fsp3) is 0.435. The highest BCUT2D eigenvalue weighted by molar-refractivity contribution is 7.16. The number of aryl methyl sites for hydroxylation is 2. The molecule has 37 heavy (non-hydrogen) atoms. The molecular weight excluding hydrogens is 514 g/mol. The second kappa shape index (κ2) is 10.0. The Hall–Kier alpha value is -3.67. The summed E-state index contributed by atoms with van der Waals surface area (Å²) < 4.78 is 0. The second-order valence-electron chi connectivity index (χ2n) is 9.10. The number of fused-ring (bicyclic) bond motifs is 2. The van der Waals surface area contributed by atoms with Crippen LogP contribution in [-0.2, 0) is 23.1 Å². The molecule has 0 radical (unpaired) electrons. The molecule has 14 heteroatoms. The summed E-state index contributed by atoms with van der Waals surface area (Å²) in [4.78, 5) is 41.1. The van der Waals surface area contributed by atoms with Gasteiger partial charge in [-0.3, -0.25) is 14.4 Å². The molecule has 12 nitrogen and oxygen atoms in total. The van der Waals surface area contributed by atoms with E-state index >= 15 is 0 Å². The van der Waals surface area contributed by atoms with Crippen LogP contribution < -0.4 is 16.8 Å². The number of tetrazole rings is 1. The molecule has 5 rings (SSSR count). The minimum atomic E-state index is -0.941. The number of amides is 3. The summed E-state index contributed by atoms with van der Waals surface area (Å²) in [5.74, 6) is -0.777. The Bertz CT molecular complexity index is 1330. The number of nitrogens with one attached hydrogen (secondary N) is 2. The van der Waals surface area contributed by atoms with E-state index in [0.29, 0.717) is 54.4 Å². The van der Waals surface area contributed by atoms with Gasteiger partial charge in [-0.2, -0.15) is 10.5 Å². The van der Waals surface area contributed by atoms with E-state index in [-0.39, 0.29) is 18.5 Å². The quantitative estimate of drug-likeness (QED) is 0.296. The fourth-order valence-electron chi connectivity index (χ4n) is 5.22. The number of hydrogen-bond donors (Lipinski definition) is 4. The van der Waals surface area contributed by atoms with Crippen LogP contribution in [0.5, 0.6) is 0 Å². The van der Waals surface area contributed by atoms with E-state index in [1.807, 2.05) is 12.1 Å². The van der Waals surface area contributed by atoms with Crippen molar-refractivity contribution >= 4 is 40.4 Å². The Morgan fingerprint density at radius 2 is 1.81 bits per heavy atom. The lowest BCUT2D eigenvalue weighted by atomic mass is 9.78. The van der Waals surface area contributed by atoms with Gasteiger partial charge in [-0.25, -0.2) is 0 Å². The molecule has 3 aromatic rings. The number of nitriles is 1. The number of H-pyrrole nitrogens is 1. The Kier molecular flexibility index (Phi) is 6.76. The molecule has 3 amide bonds. The molecule has 1 fully saturated rings. The number of thiophene rings is 2. The van der Waals surface area contributed by atoms with Crippen LogP contribution in [0, 0.1) is 11.3 Å². The molecule has 2 aliphatic rings. The van der Waals surface area contributed by atoms with E-state index < -0.39 is 17.2 Å². The van der Waals surface area contributed by atoms with Gasteiger partial charge >= 0.3 is 0 Å². The number of hydrogen-bond acceptors (Lipinski definition) is 10. The first-order valence-corrected chi connectivity index (χ1v) is 13.5. The minimum Gasteiger partial charge on any atom is -0.365 e. The standard InChI is InChI=1S/C23H25N9O3S2/c24-10-14-2-1-7-32(14)17(33)11-27-6-5-23(22-28-30-31-29-22)18-12(8-15(36-18)20(25)34)3-4-13-9-16(21(26)35)37-19(13)23/h8-9,14,27H,1-7,11H2,(H2,25,34)(H2,26,35)(H,28,29,30,31). The number of aromatic amines is 1. The van der Waals surface area contributed by atoms with Gasteiger partial charge in [0.25, 0.3) is 11.8 Å². The van der Waals surface area contributed by atoms with Crippen molar-refractivity contribution in [3.05, 3.63) is 48.6 Å². The highest BCUT2D eigenvalue weighted by Gasteiger charge is 2.47. The van der Waals surface area contributed by atoms with Gasteiger partial charge in [-0.15, -0.1) is 32.9 Å². The molecule has 6 N–H and O–H groups in total. The van der Waals surface area contributed by atoms with Gasteiger partial charge in [-0.1, -0.05) is 5.21 Å². The highest BCUT2D eigenvalue weighted by atomic mass is 32.1. The zero-order chi connectivity index (χ0) is 26.2. The van der Waals surface area contributed by atoms with E-state index in [9.17, 15) is 19.6 Å². The van der Waals surface area contributed by atoms with Crippen molar-refractivity contribution in [2.24, 2.45) is 11.5 Å². The van der Waals surface area contributed by atoms with Gasteiger partial charge in [0.15, 0.2) is 5.82 Å². The highest BCUT2D eigenvalue weighted by Crippen LogP contribution is 2.51. The largest absolute Gasteiger partial charge is 0.365 e. The first-order chi connectivity index (χ1) is 17.8. The molecule has 0 bridgehead atoms. The molecule has 1 unspecified atom stereocenters. The molecule has 4 heterocycles. The summed E-state index contributed by atoms with van der Waals surface area (Å²) in [6, 6.07) is 5.43. The van der Waals surface area contributed by atoms with E-state index in [1.54, 1.807) is 4.90 Å². The Balaban J connectivity index is 1.52. The molecule has 0 saturated carbocycles. The van der Waals surface area contributed by atoms with Crippen molar-refractivity contribution in [1.29, 1.82) is 5.26 Å². The first-order valence-electron chi connectivity index (χ1n) is 11.8. The predicted molar refractivity (Wildman–Crippen MR) is 135 cm³/mol. The smallest absolute Gasteiger partial charge is 0.258 e. The molecule has 1 saturated heterocycles. The number of primary amides is 2. The molecule has 192 valence electrons. The summed E-state index contributed by atoms with van der Waals surface area (Å²) in [7, 11) is 0. The van der Waals surface area contributed by atoms with Crippen molar-refractivity contribution in [1.82, 2.24) is 30.8 Å². The van der Waals surface area contributed by atoms with Gasteiger partial charge in [0.1, 0.15) is 11.5 Å². The van der Waals surface area contributed by atoms with Crippen molar-refractivity contribution in [3.8, 4) is 6.07 Å². The maximum atomic E-state index is 12.8. The number of rotatable bonds is 8. The van der Waals surface area contributed by atoms with Gasteiger partial charge in [0, 0.05) is 16.3 Å². The van der Waals surface area contributed by atoms with Gasteiger partial charge in [0.05, 0.1) is 22.4 Å². The molecular formula is C23H25N9O3S2. The van der Waals surface area contributed by atoms with Gasteiger partial charge in [0.2, 0.25) is 5.91 Å². The zero-order valence-corrected chi connectivity index (χ0v) is 21.5. The normalized spacial score (nSPS) is 18.0. The minimum absolute atomic E-state index is 0.0776. The van der Waals surface area contributed by atoms with Crippen molar-refractivity contribution in [2.45, 2.75) is 43.6 Å². The third-order valence-electron chi connectivity index (χ3n) is 6.94. The van der Waals surface area contributed by atoms with Crippen LogP contribution in [0.4, 0.5) is 0 Å². The molecule has 0 spiro atoms. The van der Waals surface area contributed by atoms with Gasteiger partial charge < -0.3 is 21.7 Å². The lowest BCUT2D eigenvalue weighted by Crippen LogP contribution is -2.42. The summed E-state index contributed by atoms with van der Waals surface area (Å²) in [5.41, 5.74) is 12.2. The van der Waals surface area contributed by atoms with Crippen LogP contribution in [0.25, 0.3) is 0 Å². The number of aromatic nitrogens is 4. The number of nitrogens with two attached hydrogens (primary N) is 2. The maximum Gasteiger partial charge on any atom is 0.258 e. The average molecular weight is 540 g/mol. The van der Waals surface area contributed by atoms with Gasteiger partial charge in [-0.05, 0) is 61.9 Å². The van der Waals surface area contributed by atoms with Crippen molar-refractivity contribution in [3.63, 3.8) is 0 Å². The number of carbonyl (C=O) groups excluding carboxylic acids is 3. The topological polar surface area (TPSA) is 197 Å². The third kappa shape index (κ3) is 4.39. The third-order valence-corrected chi connectivity index (χ3v) is 9.65. The molecule has 3 aromatic heterocycles. The van der Waals surface area contributed by atoms with E-state index in [4.69, 9.17) is 11.5 Å². The van der Waals surface area contributed by atoms with Crippen molar-refractivity contribution < 1.29 is 14.4 Å². The summed E-state index contributed by atoms with van der Waals surface area (Å²) in [6.07, 6.45) is 3.19. The Morgan fingerprint density at radius 3 is 2.35 bits per heavy atom.